The second-order valence-corrected chi connectivity index (χ2v) is 9.03. The lowest BCUT2D eigenvalue weighted by atomic mass is 9.77. The lowest BCUT2D eigenvalue weighted by molar-refractivity contribution is -0.138. The van der Waals surface area contributed by atoms with E-state index >= 15 is 0 Å². The first-order valence-corrected chi connectivity index (χ1v) is 11.2. The van der Waals surface area contributed by atoms with Gasteiger partial charge in [-0.3, -0.25) is 9.59 Å². The largest absolute Gasteiger partial charge is 0.493 e. The summed E-state index contributed by atoms with van der Waals surface area (Å²) in [5.74, 6) is 0.502. The molecule has 1 spiro atoms. The van der Waals surface area contributed by atoms with E-state index in [0.717, 1.165) is 18.4 Å². The fourth-order valence-corrected chi connectivity index (χ4v) is 5.84. The van der Waals surface area contributed by atoms with E-state index in [2.05, 4.69) is 5.32 Å². The maximum atomic E-state index is 13.3. The molecule has 3 fully saturated rings. The van der Waals surface area contributed by atoms with Crippen LogP contribution >= 0.6 is 0 Å². The molecule has 1 aromatic rings. The second-order valence-electron chi connectivity index (χ2n) is 9.03. The average molecular weight is 427 g/mol. The Hall–Kier alpha value is -2.54. The molecule has 4 aliphatic rings. The van der Waals surface area contributed by atoms with Gasteiger partial charge in [0.25, 0.3) is 0 Å². The molecule has 3 heterocycles. The Labute approximate surface area is 182 Å². The highest BCUT2D eigenvalue weighted by molar-refractivity contribution is 5.93. The lowest BCUT2D eigenvalue weighted by Crippen LogP contribution is -2.45. The monoisotopic (exact) mass is 426 g/mol. The SMILES string of the molecule is COc1ccc(CCNC(=O)[C@@H]2[C@H]3C=C[C@@]4(CN(C5CCCC5)C(=O)[C@@H]24)O3)cc1OC. The van der Waals surface area contributed by atoms with Gasteiger partial charge in [0.1, 0.15) is 5.60 Å². The number of amides is 2. The standard InChI is InChI=1S/C24H30N2O5/c1-29-17-8-7-15(13-19(17)30-2)10-12-25-22(27)20-18-9-11-24(31-18)14-26(23(28)21(20)24)16-5-3-4-6-16/h7-9,11,13,16,18,20-21H,3-6,10,12,14H2,1-2H3,(H,25,27)/t18-,20-,21-,24+/m1/s1. The van der Waals surface area contributed by atoms with Gasteiger partial charge in [-0.1, -0.05) is 31.1 Å². The Kier molecular flexibility index (Phi) is 5.16. The number of carbonyl (C=O) groups excluding carboxylic acids is 2. The number of hydrogen-bond acceptors (Lipinski definition) is 5. The van der Waals surface area contributed by atoms with E-state index in [-0.39, 0.29) is 17.9 Å². The molecule has 2 bridgehead atoms. The third-order valence-corrected chi connectivity index (χ3v) is 7.36. The number of methoxy groups -OCH3 is 2. The van der Waals surface area contributed by atoms with Crippen molar-refractivity contribution in [1.82, 2.24) is 10.2 Å². The zero-order valence-corrected chi connectivity index (χ0v) is 18.1. The maximum absolute atomic E-state index is 13.3. The molecule has 2 amide bonds. The van der Waals surface area contributed by atoms with Gasteiger partial charge in [-0.05, 0) is 37.0 Å². The van der Waals surface area contributed by atoms with E-state index in [1.807, 2.05) is 35.3 Å². The molecule has 0 aromatic heterocycles. The van der Waals surface area contributed by atoms with Gasteiger partial charge >= 0.3 is 0 Å². The summed E-state index contributed by atoms with van der Waals surface area (Å²) >= 11 is 0. The van der Waals surface area contributed by atoms with Gasteiger partial charge in [-0.2, -0.15) is 0 Å². The minimum absolute atomic E-state index is 0.0941. The number of nitrogens with one attached hydrogen (secondary N) is 1. The van der Waals surface area contributed by atoms with Crippen LogP contribution in [0, 0.1) is 11.8 Å². The number of rotatable bonds is 7. The maximum Gasteiger partial charge on any atom is 0.230 e. The number of nitrogens with zero attached hydrogens (tertiary/aromatic N) is 1. The molecule has 0 radical (unpaired) electrons. The molecule has 1 saturated carbocycles. The van der Waals surface area contributed by atoms with Crippen LogP contribution in [0.1, 0.15) is 31.2 Å². The van der Waals surface area contributed by atoms with E-state index in [9.17, 15) is 9.59 Å². The molecule has 1 N–H and O–H groups in total. The van der Waals surface area contributed by atoms with Crippen molar-refractivity contribution >= 4 is 11.8 Å². The molecular formula is C24H30N2O5. The highest BCUT2D eigenvalue weighted by atomic mass is 16.5. The summed E-state index contributed by atoms with van der Waals surface area (Å²) in [6, 6.07) is 6.05. The van der Waals surface area contributed by atoms with Crippen molar-refractivity contribution in [3.8, 4) is 11.5 Å². The van der Waals surface area contributed by atoms with Crippen LogP contribution in [0.25, 0.3) is 0 Å². The van der Waals surface area contributed by atoms with Gasteiger partial charge < -0.3 is 24.4 Å². The van der Waals surface area contributed by atoms with E-state index in [4.69, 9.17) is 14.2 Å². The number of ether oxygens (including phenoxy) is 3. The Morgan fingerprint density at radius 3 is 2.74 bits per heavy atom. The fourth-order valence-electron chi connectivity index (χ4n) is 5.84. The molecule has 4 atom stereocenters. The summed E-state index contributed by atoms with van der Waals surface area (Å²) in [6.07, 6.45) is 8.83. The van der Waals surface area contributed by atoms with Gasteiger partial charge in [-0.15, -0.1) is 0 Å². The number of benzene rings is 1. The summed E-state index contributed by atoms with van der Waals surface area (Å²) < 4.78 is 16.9. The lowest BCUT2D eigenvalue weighted by Gasteiger charge is -2.27. The Morgan fingerprint density at radius 1 is 1.23 bits per heavy atom. The molecule has 2 saturated heterocycles. The molecule has 166 valence electrons. The smallest absolute Gasteiger partial charge is 0.230 e. The van der Waals surface area contributed by atoms with Crippen molar-refractivity contribution in [3.63, 3.8) is 0 Å². The molecule has 0 unspecified atom stereocenters. The average Bonchev–Trinajstić information content (AvgIpc) is 3.55. The zero-order valence-electron chi connectivity index (χ0n) is 18.1. The van der Waals surface area contributed by atoms with E-state index < -0.39 is 17.4 Å². The molecule has 7 nitrogen and oxygen atoms in total. The van der Waals surface area contributed by atoms with E-state index in [1.54, 1.807) is 14.2 Å². The third-order valence-electron chi connectivity index (χ3n) is 7.36. The first-order chi connectivity index (χ1) is 15.1. The van der Waals surface area contributed by atoms with Gasteiger partial charge in [0, 0.05) is 12.6 Å². The summed E-state index contributed by atoms with van der Waals surface area (Å²) in [7, 11) is 3.21. The van der Waals surface area contributed by atoms with Crippen molar-refractivity contribution in [1.29, 1.82) is 0 Å². The Morgan fingerprint density at radius 2 is 2.00 bits per heavy atom. The number of hydrogen-bond donors (Lipinski definition) is 1. The van der Waals surface area contributed by atoms with Crippen LogP contribution in [0.3, 0.4) is 0 Å². The predicted molar refractivity (Wildman–Crippen MR) is 114 cm³/mol. The molecule has 7 heteroatoms. The number of fused-ring (bicyclic) bond motifs is 1. The number of likely N-dealkylation sites (tertiary alicyclic amines) is 1. The summed E-state index contributed by atoms with van der Waals surface area (Å²) in [5.41, 5.74) is 0.429. The van der Waals surface area contributed by atoms with Crippen molar-refractivity contribution in [2.45, 2.75) is 49.9 Å². The van der Waals surface area contributed by atoms with E-state index in [1.165, 1.54) is 12.8 Å². The first kappa shape index (κ1) is 20.4. The predicted octanol–water partition coefficient (Wildman–Crippen LogP) is 2.09. The highest BCUT2D eigenvalue weighted by Gasteiger charge is 2.67. The van der Waals surface area contributed by atoms with Crippen LogP contribution in [-0.2, 0) is 20.7 Å². The third kappa shape index (κ3) is 3.30. The minimum atomic E-state index is -0.615. The van der Waals surface area contributed by atoms with Gasteiger partial charge in [0.05, 0.1) is 38.7 Å². The van der Waals surface area contributed by atoms with Crippen LogP contribution in [0.5, 0.6) is 11.5 Å². The van der Waals surface area contributed by atoms with Crippen molar-refractivity contribution in [2.75, 3.05) is 27.3 Å². The van der Waals surface area contributed by atoms with Crippen molar-refractivity contribution < 1.29 is 23.8 Å². The fraction of sp³-hybridized carbons (Fsp3) is 0.583. The minimum Gasteiger partial charge on any atom is -0.493 e. The molecule has 1 aromatic carbocycles. The molecule has 5 rings (SSSR count). The van der Waals surface area contributed by atoms with Crippen LogP contribution in [0.4, 0.5) is 0 Å². The number of carbonyl (C=O) groups is 2. The van der Waals surface area contributed by atoms with Crippen LogP contribution in [0.15, 0.2) is 30.4 Å². The highest BCUT2D eigenvalue weighted by Crippen LogP contribution is 2.53. The van der Waals surface area contributed by atoms with E-state index in [0.29, 0.717) is 37.1 Å². The quantitative estimate of drug-likeness (QED) is 0.676. The molecule has 1 aliphatic carbocycles. The second kappa shape index (κ2) is 7.86. The van der Waals surface area contributed by atoms with Crippen molar-refractivity contribution in [2.24, 2.45) is 11.8 Å². The zero-order chi connectivity index (χ0) is 21.6. The molecular weight excluding hydrogens is 396 g/mol. The normalized spacial score (nSPS) is 31.4. The van der Waals surface area contributed by atoms with Crippen LogP contribution < -0.4 is 14.8 Å². The first-order valence-electron chi connectivity index (χ1n) is 11.2. The van der Waals surface area contributed by atoms with Crippen LogP contribution in [0.2, 0.25) is 0 Å². The van der Waals surface area contributed by atoms with Gasteiger partial charge in [0.15, 0.2) is 11.5 Å². The van der Waals surface area contributed by atoms with Gasteiger partial charge in [0.2, 0.25) is 11.8 Å². The Balaban J connectivity index is 1.24. The van der Waals surface area contributed by atoms with Gasteiger partial charge in [-0.25, -0.2) is 0 Å². The Bertz CT molecular complexity index is 909. The summed E-state index contributed by atoms with van der Waals surface area (Å²) in [4.78, 5) is 28.4. The molecule has 31 heavy (non-hydrogen) atoms. The topological polar surface area (TPSA) is 77.1 Å². The molecule has 3 aliphatic heterocycles. The summed E-state index contributed by atoms with van der Waals surface area (Å²) in [6.45, 7) is 1.07. The van der Waals surface area contributed by atoms with Crippen molar-refractivity contribution in [3.05, 3.63) is 35.9 Å². The summed E-state index contributed by atoms with van der Waals surface area (Å²) in [5, 5.41) is 3.04. The van der Waals surface area contributed by atoms with Crippen LogP contribution in [-0.4, -0.2) is 61.8 Å².